The van der Waals surface area contributed by atoms with Gasteiger partial charge in [-0.3, -0.25) is 0 Å². The SMILES string of the molecule is Cn1c(C(C)(C)C)nc(-c2cccc(Cl)c2F)c1N. The van der Waals surface area contributed by atoms with E-state index in [1.165, 1.54) is 6.07 Å². The van der Waals surface area contributed by atoms with Gasteiger partial charge in [-0.25, -0.2) is 9.37 Å². The molecular weight excluding hydrogens is 265 g/mol. The number of imidazole rings is 1. The molecule has 19 heavy (non-hydrogen) atoms. The summed E-state index contributed by atoms with van der Waals surface area (Å²) in [6, 6.07) is 4.82. The second-order valence-electron chi connectivity index (χ2n) is 5.58. The first kappa shape index (κ1) is 13.9. The van der Waals surface area contributed by atoms with E-state index in [9.17, 15) is 4.39 Å². The van der Waals surface area contributed by atoms with E-state index in [0.29, 0.717) is 17.1 Å². The normalized spacial score (nSPS) is 11.9. The van der Waals surface area contributed by atoms with E-state index in [1.807, 2.05) is 27.8 Å². The van der Waals surface area contributed by atoms with Crippen LogP contribution in [-0.4, -0.2) is 9.55 Å². The van der Waals surface area contributed by atoms with Crippen LogP contribution in [0.2, 0.25) is 5.02 Å². The number of hydrogen-bond acceptors (Lipinski definition) is 2. The van der Waals surface area contributed by atoms with Gasteiger partial charge >= 0.3 is 0 Å². The summed E-state index contributed by atoms with van der Waals surface area (Å²) in [6.45, 7) is 6.10. The topological polar surface area (TPSA) is 43.8 Å². The number of aromatic nitrogens is 2. The van der Waals surface area contributed by atoms with E-state index in [-0.39, 0.29) is 10.4 Å². The molecule has 1 aromatic heterocycles. The van der Waals surface area contributed by atoms with Crippen molar-refractivity contribution in [2.75, 3.05) is 5.73 Å². The minimum absolute atomic E-state index is 0.0693. The maximum Gasteiger partial charge on any atom is 0.151 e. The van der Waals surface area contributed by atoms with Crippen LogP contribution in [0.4, 0.5) is 10.2 Å². The van der Waals surface area contributed by atoms with Crippen molar-refractivity contribution in [1.82, 2.24) is 9.55 Å². The van der Waals surface area contributed by atoms with Crippen molar-refractivity contribution in [2.45, 2.75) is 26.2 Å². The Bertz CT molecular complexity index is 626. The van der Waals surface area contributed by atoms with E-state index in [0.717, 1.165) is 5.82 Å². The second kappa shape index (κ2) is 4.53. The fraction of sp³-hybridized carbons (Fsp3) is 0.357. The summed E-state index contributed by atoms with van der Waals surface area (Å²) < 4.78 is 15.9. The second-order valence-corrected chi connectivity index (χ2v) is 5.99. The van der Waals surface area contributed by atoms with Gasteiger partial charge in [-0.1, -0.05) is 38.4 Å². The predicted octanol–water partition coefficient (Wildman–Crippen LogP) is 3.76. The third-order valence-electron chi connectivity index (χ3n) is 3.02. The lowest BCUT2D eigenvalue weighted by Crippen LogP contribution is -2.17. The quantitative estimate of drug-likeness (QED) is 0.865. The number of rotatable bonds is 1. The predicted molar refractivity (Wildman–Crippen MR) is 76.7 cm³/mol. The Kier molecular flexibility index (Phi) is 3.31. The van der Waals surface area contributed by atoms with Crippen LogP contribution in [0.25, 0.3) is 11.3 Å². The monoisotopic (exact) mass is 281 g/mol. The average molecular weight is 282 g/mol. The van der Waals surface area contributed by atoms with Crippen LogP contribution in [0, 0.1) is 5.82 Å². The molecular formula is C14H17ClFN3. The van der Waals surface area contributed by atoms with Gasteiger partial charge in [0.25, 0.3) is 0 Å². The molecule has 0 atom stereocenters. The molecule has 0 radical (unpaired) electrons. The smallest absolute Gasteiger partial charge is 0.151 e. The Morgan fingerprint density at radius 3 is 2.47 bits per heavy atom. The van der Waals surface area contributed by atoms with E-state index in [2.05, 4.69) is 4.98 Å². The van der Waals surface area contributed by atoms with Gasteiger partial charge in [0.2, 0.25) is 0 Å². The number of anilines is 1. The fourth-order valence-electron chi connectivity index (χ4n) is 2.07. The minimum Gasteiger partial charge on any atom is -0.383 e. The zero-order valence-electron chi connectivity index (χ0n) is 11.5. The van der Waals surface area contributed by atoms with Crippen molar-refractivity contribution in [3.05, 3.63) is 34.9 Å². The third-order valence-corrected chi connectivity index (χ3v) is 3.31. The van der Waals surface area contributed by atoms with Gasteiger partial charge in [0.1, 0.15) is 17.3 Å². The molecule has 0 saturated heterocycles. The molecule has 0 saturated carbocycles. The molecule has 0 spiro atoms. The van der Waals surface area contributed by atoms with Gasteiger partial charge in [0, 0.05) is 18.0 Å². The van der Waals surface area contributed by atoms with Crippen LogP contribution < -0.4 is 5.73 Å². The molecule has 2 rings (SSSR count). The fourth-order valence-corrected chi connectivity index (χ4v) is 2.24. The van der Waals surface area contributed by atoms with Gasteiger partial charge < -0.3 is 10.3 Å². The summed E-state index contributed by atoms with van der Waals surface area (Å²) in [5.41, 5.74) is 6.64. The Balaban J connectivity index is 2.68. The van der Waals surface area contributed by atoms with E-state index < -0.39 is 5.82 Å². The highest BCUT2D eigenvalue weighted by Gasteiger charge is 2.25. The van der Waals surface area contributed by atoms with Crippen molar-refractivity contribution in [3.8, 4) is 11.3 Å². The largest absolute Gasteiger partial charge is 0.383 e. The maximum atomic E-state index is 14.1. The van der Waals surface area contributed by atoms with Gasteiger partial charge in [0.05, 0.1) is 5.02 Å². The molecule has 3 nitrogen and oxygen atoms in total. The number of nitrogen functional groups attached to an aromatic ring is 1. The molecule has 2 N–H and O–H groups in total. The van der Waals surface area contributed by atoms with Crippen LogP contribution in [0.5, 0.6) is 0 Å². The highest BCUT2D eigenvalue weighted by atomic mass is 35.5. The first-order valence-electron chi connectivity index (χ1n) is 6.00. The molecule has 1 heterocycles. The summed E-state index contributed by atoms with van der Waals surface area (Å²) in [4.78, 5) is 4.49. The molecule has 0 amide bonds. The molecule has 1 aromatic carbocycles. The van der Waals surface area contributed by atoms with Crippen LogP contribution >= 0.6 is 11.6 Å². The lowest BCUT2D eigenvalue weighted by molar-refractivity contribution is 0.524. The molecule has 0 aliphatic heterocycles. The van der Waals surface area contributed by atoms with Crippen molar-refractivity contribution >= 4 is 17.4 Å². The lowest BCUT2D eigenvalue weighted by atomic mass is 9.96. The zero-order chi connectivity index (χ0) is 14.4. The van der Waals surface area contributed by atoms with E-state index in [1.54, 1.807) is 16.7 Å². The van der Waals surface area contributed by atoms with Gasteiger partial charge in [-0.15, -0.1) is 0 Å². The molecule has 5 heteroatoms. The van der Waals surface area contributed by atoms with E-state index in [4.69, 9.17) is 17.3 Å². The number of halogens is 2. The van der Waals surface area contributed by atoms with Crippen molar-refractivity contribution in [1.29, 1.82) is 0 Å². The number of nitrogens with two attached hydrogens (primary N) is 1. The molecule has 102 valence electrons. The number of nitrogens with zero attached hydrogens (tertiary/aromatic N) is 2. The van der Waals surface area contributed by atoms with E-state index >= 15 is 0 Å². The van der Waals surface area contributed by atoms with Crippen LogP contribution in [-0.2, 0) is 12.5 Å². The van der Waals surface area contributed by atoms with Crippen molar-refractivity contribution in [2.24, 2.45) is 7.05 Å². The standard InChI is InChI=1S/C14H17ClFN3/c1-14(2,3)13-18-11(12(17)19(13)4)8-6-5-7-9(15)10(8)16/h5-7H,17H2,1-4H3. The summed E-state index contributed by atoms with van der Waals surface area (Å²) in [5, 5.41) is 0.0693. The van der Waals surface area contributed by atoms with Crippen molar-refractivity contribution in [3.63, 3.8) is 0 Å². The summed E-state index contributed by atoms with van der Waals surface area (Å²) in [5.74, 6) is 0.750. The Labute approximate surface area is 117 Å². The van der Waals surface area contributed by atoms with Gasteiger partial charge in [-0.2, -0.15) is 0 Å². The summed E-state index contributed by atoms with van der Waals surface area (Å²) >= 11 is 5.80. The first-order chi connectivity index (χ1) is 8.73. The molecule has 0 unspecified atom stereocenters. The summed E-state index contributed by atoms with van der Waals surface area (Å²) in [6.07, 6.45) is 0. The average Bonchev–Trinajstić information content (AvgIpc) is 2.60. The highest BCUT2D eigenvalue weighted by molar-refractivity contribution is 6.31. The minimum atomic E-state index is -0.491. The van der Waals surface area contributed by atoms with Crippen LogP contribution in [0.3, 0.4) is 0 Å². The highest BCUT2D eigenvalue weighted by Crippen LogP contribution is 2.34. The van der Waals surface area contributed by atoms with Gasteiger partial charge in [0.15, 0.2) is 5.82 Å². The molecule has 0 bridgehead atoms. The van der Waals surface area contributed by atoms with Crippen LogP contribution in [0.1, 0.15) is 26.6 Å². The maximum absolute atomic E-state index is 14.1. The Hall–Kier alpha value is -1.55. The van der Waals surface area contributed by atoms with Gasteiger partial charge in [-0.05, 0) is 12.1 Å². The molecule has 0 aliphatic rings. The Morgan fingerprint density at radius 2 is 1.95 bits per heavy atom. The number of benzene rings is 1. The molecule has 0 aliphatic carbocycles. The molecule has 0 fully saturated rings. The first-order valence-corrected chi connectivity index (χ1v) is 6.38. The zero-order valence-corrected chi connectivity index (χ0v) is 12.2. The summed E-state index contributed by atoms with van der Waals surface area (Å²) in [7, 11) is 1.83. The number of hydrogen-bond donors (Lipinski definition) is 1. The molecule has 2 aromatic rings. The van der Waals surface area contributed by atoms with Crippen molar-refractivity contribution < 1.29 is 4.39 Å². The lowest BCUT2D eigenvalue weighted by Gasteiger charge is -2.17. The Morgan fingerprint density at radius 1 is 1.32 bits per heavy atom. The van der Waals surface area contributed by atoms with Crippen LogP contribution in [0.15, 0.2) is 18.2 Å². The third kappa shape index (κ3) is 2.32.